The maximum absolute atomic E-state index is 12.8. The van der Waals surface area contributed by atoms with Crippen LogP contribution in [0.5, 0.6) is 0 Å². The summed E-state index contributed by atoms with van der Waals surface area (Å²) < 4.78 is 13.8. The molecule has 0 unspecified atom stereocenters. The van der Waals surface area contributed by atoms with Gasteiger partial charge in [-0.3, -0.25) is 0 Å². The van der Waals surface area contributed by atoms with E-state index in [1.807, 2.05) is 0 Å². The Kier molecular flexibility index (Phi) is 3.83. The molecular weight excluding hydrogens is 319 g/mol. The Balaban J connectivity index is 3.15. The van der Waals surface area contributed by atoms with Crippen LogP contribution in [0, 0.1) is 5.82 Å². The molecule has 5 heteroatoms. The molecule has 0 atom stereocenters. The summed E-state index contributed by atoms with van der Waals surface area (Å²) in [5.74, 6) is -1.44. The number of rotatable bonds is 2. The Bertz CT molecular complexity index is 379. The topological polar surface area (TPSA) is 37.3 Å². The number of aliphatic carboxylic acids is 1. The van der Waals surface area contributed by atoms with Crippen molar-refractivity contribution in [1.82, 2.24) is 0 Å². The summed E-state index contributed by atoms with van der Waals surface area (Å²) in [5, 5.41) is 8.42. The highest BCUT2D eigenvalue weighted by molar-refractivity contribution is 9.11. The number of carbonyl (C=O) groups is 1. The van der Waals surface area contributed by atoms with Gasteiger partial charge in [-0.05, 0) is 18.2 Å². The molecule has 74 valence electrons. The molecule has 1 N–H and O–H groups in total. The van der Waals surface area contributed by atoms with Crippen molar-refractivity contribution in [3.63, 3.8) is 0 Å². The Labute approximate surface area is 96.7 Å². The van der Waals surface area contributed by atoms with E-state index >= 15 is 0 Å². The average molecular weight is 324 g/mol. The van der Waals surface area contributed by atoms with Crippen LogP contribution in [-0.2, 0) is 4.79 Å². The fourth-order valence-corrected chi connectivity index (χ4v) is 2.26. The molecule has 0 aliphatic rings. The highest BCUT2D eigenvalue weighted by Gasteiger charge is 2.04. The summed E-state index contributed by atoms with van der Waals surface area (Å²) in [7, 11) is 0. The quantitative estimate of drug-likeness (QED) is 0.846. The molecule has 0 radical (unpaired) electrons. The van der Waals surface area contributed by atoms with Crippen LogP contribution in [0.3, 0.4) is 0 Å². The summed E-state index contributed by atoms with van der Waals surface area (Å²) in [4.78, 5) is 10.3. The van der Waals surface area contributed by atoms with Gasteiger partial charge in [-0.15, -0.1) is 0 Å². The predicted molar refractivity (Wildman–Crippen MR) is 58.5 cm³/mol. The molecule has 0 saturated carbocycles. The number of benzene rings is 1. The molecule has 0 aliphatic heterocycles. The largest absolute Gasteiger partial charge is 0.478 e. The minimum atomic E-state index is -1.05. The SMILES string of the molecule is O=C(O)C=Cc1c(Br)cc(F)cc1Br. The van der Waals surface area contributed by atoms with Crippen molar-refractivity contribution in [1.29, 1.82) is 0 Å². The molecule has 1 aromatic rings. The van der Waals surface area contributed by atoms with E-state index in [4.69, 9.17) is 5.11 Å². The van der Waals surface area contributed by atoms with Gasteiger partial charge in [-0.25, -0.2) is 9.18 Å². The fourth-order valence-electron chi connectivity index (χ4n) is 0.867. The minimum absolute atomic E-state index is 0.392. The lowest BCUT2D eigenvalue weighted by Gasteiger charge is -2.01. The first-order chi connectivity index (χ1) is 6.50. The first-order valence-electron chi connectivity index (χ1n) is 3.56. The number of carboxylic acid groups (broad SMARTS) is 1. The van der Waals surface area contributed by atoms with Gasteiger partial charge in [0.05, 0.1) is 0 Å². The lowest BCUT2D eigenvalue weighted by molar-refractivity contribution is -0.131. The van der Waals surface area contributed by atoms with Crippen molar-refractivity contribution in [3.05, 3.63) is 38.5 Å². The molecule has 0 bridgehead atoms. The fraction of sp³-hybridized carbons (Fsp3) is 0. The molecule has 0 spiro atoms. The monoisotopic (exact) mass is 322 g/mol. The third-order valence-corrected chi connectivity index (χ3v) is 2.75. The smallest absolute Gasteiger partial charge is 0.328 e. The van der Waals surface area contributed by atoms with E-state index < -0.39 is 11.8 Å². The maximum Gasteiger partial charge on any atom is 0.328 e. The van der Waals surface area contributed by atoms with Gasteiger partial charge in [-0.2, -0.15) is 0 Å². The van der Waals surface area contributed by atoms with Gasteiger partial charge in [0.15, 0.2) is 0 Å². The van der Waals surface area contributed by atoms with E-state index in [9.17, 15) is 9.18 Å². The van der Waals surface area contributed by atoms with Crippen molar-refractivity contribution in [2.45, 2.75) is 0 Å². The summed E-state index contributed by atoms with van der Waals surface area (Å²) >= 11 is 6.27. The van der Waals surface area contributed by atoms with Crippen LogP contribution < -0.4 is 0 Å². The summed E-state index contributed by atoms with van der Waals surface area (Å²) in [6.45, 7) is 0. The number of hydrogen-bond acceptors (Lipinski definition) is 1. The van der Waals surface area contributed by atoms with E-state index in [1.54, 1.807) is 0 Å². The molecule has 0 aliphatic carbocycles. The summed E-state index contributed by atoms with van der Waals surface area (Å²) in [5.41, 5.74) is 0.591. The number of carboxylic acids is 1. The Morgan fingerprint density at radius 3 is 2.29 bits per heavy atom. The third-order valence-electron chi connectivity index (χ3n) is 1.44. The van der Waals surface area contributed by atoms with Gasteiger partial charge >= 0.3 is 5.97 Å². The van der Waals surface area contributed by atoms with E-state index in [-0.39, 0.29) is 0 Å². The van der Waals surface area contributed by atoms with Gasteiger partial charge in [-0.1, -0.05) is 31.9 Å². The van der Waals surface area contributed by atoms with Crippen molar-refractivity contribution >= 4 is 43.9 Å². The molecule has 0 saturated heterocycles. The highest BCUT2D eigenvalue weighted by Crippen LogP contribution is 2.27. The zero-order valence-corrected chi connectivity index (χ0v) is 9.97. The van der Waals surface area contributed by atoms with Crippen LogP contribution in [0.15, 0.2) is 27.2 Å². The third kappa shape index (κ3) is 2.92. The number of hydrogen-bond donors (Lipinski definition) is 1. The molecular formula is C9H5Br2FO2. The molecule has 1 rings (SSSR count). The Morgan fingerprint density at radius 2 is 1.86 bits per heavy atom. The van der Waals surface area contributed by atoms with E-state index in [1.165, 1.54) is 18.2 Å². The first-order valence-corrected chi connectivity index (χ1v) is 5.15. The van der Waals surface area contributed by atoms with Gasteiger partial charge in [0.25, 0.3) is 0 Å². The lowest BCUT2D eigenvalue weighted by atomic mass is 10.2. The van der Waals surface area contributed by atoms with Crippen molar-refractivity contribution in [2.75, 3.05) is 0 Å². The zero-order valence-electron chi connectivity index (χ0n) is 6.80. The maximum atomic E-state index is 12.8. The molecule has 0 heterocycles. The molecule has 0 amide bonds. The van der Waals surface area contributed by atoms with Crippen LogP contribution >= 0.6 is 31.9 Å². The van der Waals surface area contributed by atoms with Gasteiger partial charge in [0.2, 0.25) is 0 Å². The van der Waals surface area contributed by atoms with Gasteiger partial charge in [0.1, 0.15) is 5.82 Å². The van der Waals surface area contributed by atoms with E-state index in [0.717, 1.165) is 6.08 Å². The normalized spacial score (nSPS) is 10.8. The average Bonchev–Trinajstić information content (AvgIpc) is 2.01. The molecule has 0 fully saturated rings. The zero-order chi connectivity index (χ0) is 10.7. The first kappa shape index (κ1) is 11.4. The predicted octanol–water partition coefficient (Wildman–Crippen LogP) is 3.45. The van der Waals surface area contributed by atoms with Crippen LogP contribution in [0.25, 0.3) is 6.08 Å². The lowest BCUT2D eigenvalue weighted by Crippen LogP contribution is -1.87. The molecule has 0 aromatic heterocycles. The molecule has 14 heavy (non-hydrogen) atoms. The Hall–Kier alpha value is -0.680. The number of halogens is 3. The van der Waals surface area contributed by atoms with Crippen molar-refractivity contribution in [2.24, 2.45) is 0 Å². The standard InChI is InChI=1S/C9H5Br2FO2/c10-7-3-5(12)4-8(11)6(7)1-2-9(13)14/h1-4H,(H,13,14). The van der Waals surface area contributed by atoms with Crippen LogP contribution in [0.4, 0.5) is 4.39 Å². The Morgan fingerprint density at radius 1 is 1.36 bits per heavy atom. The van der Waals surface area contributed by atoms with Crippen LogP contribution in [0.1, 0.15) is 5.56 Å². The summed E-state index contributed by atoms with van der Waals surface area (Å²) in [6, 6.07) is 2.54. The van der Waals surface area contributed by atoms with Crippen molar-refractivity contribution < 1.29 is 14.3 Å². The second-order valence-electron chi connectivity index (χ2n) is 2.45. The van der Waals surface area contributed by atoms with Gasteiger partial charge < -0.3 is 5.11 Å². The van der Waals surface area contributed by atoms with Crippen LogP contribution in [-0.4, -0.2) is 11.1 Å². The molecule has 2 nitrogen and oxygen atoms in total. The van der Waals surface area contributed by atoms with Crippen LogP contribution in [0.2, 0.25) is 0 Å². The van der Waals surface area contributed by atoms with Gasteiger partial charge in [0, 0.05) is 20.6 Å². The second kappa shape index (κ2) is 4.70. The van der Waals surface area contributed by atoms with E-state index in [2.05, 4.69) is 31.9 Å². The summed E-state index contributed by atoms with van der Waals surface area (Å²) in [6.07, 6.45) is 2.37. The van der Waals surface area contributed by atoms with Crippen molar-refractivity contribution in [3.8, 4) is 0 Å². The highest BCUT2D eigenvalue weighted by atomic mass is 79.9. The van der Waals surface area contributed by atoms with E-state index in [0.29, 0.717) is 14.5 Å². The minimum Gasteiger partial charge on any atom is -0.478 e. The molecule has 1 aromatic carbocycles. The second-order valence-corrected chi connectivity index (χ2v) is 4.16.